The van der Waals surface area contributed by atoms with Gasteiger partial charge in [-0.1, -0.05) is 6.92 Å². The Balaban J connectivity index is 1.95. The first-order chi connectivity index (χ1) is 8.19. The third kappa shape index (κ3) is 2.81. The number of rotatable bonds is 2. The highest BCUT2D eigenvalue weighted by Crippen LogP contribution is 2.32. The number of hydrogen-bond donors (Lipinski definition) is 1. The molecule has 0 aromatic rings. The van der Waals surface area contributed by atoms with Crippen molar-refractivity contribution >= 4 is 0 Å². The van der Waals surface area contributed by atoms with Crippen LogP contribution in [0.5, 0.6) is 0 Å². The summed E-state index contributed by atoms with van der Waals surface area (Å²) >= 11 is 0. The summed E-state index contributed by atoms with van der Waals surface area (Å²) in [7, 11) is 1.93. The van der Waals surface area contributed by atoms with Crippen molar-refractivity contribution in [2.24, 2.45) is 5.92 Å². The summed E-state index contributed by atoms with van der Waals surface area (Å²) < 4.78 is 0. The first-order valence-corrected chi connectivity index (χ1v) is 7.03. The molecule has 2 unspecified atom stereocenters. The lowest BCUT2D eigenvalue weighted by atomic mass is 9.79. The molecule has 2 aliphatic rings. The smallest absolute Gasteiger partial charge is 0.108 e. The van der Waals surface area contributed by atoms with Crippen LogP contribution in [0.2, 0.25) is 0 Å². The average molecular weight is 235 g/mol. The zero-order valence-electron chi connectivity index (χ0n) is 11.2. The van der Waals surface area contributed by atoms with Gasteiger partial charge < -0.3 is 10.2 Å². The van der Waals surface area contributed by atoms with Crippen LogP contribution in [-0.4, -0.2) is 36.6 Å². The van der Waals surface area contributed by atoms with E-state index in [1.54, 1.807) is 0 Å². The lowest BCUT2D eigenvalue weighted by molar-refractivity contribution is 0.0886. The second kappa shape index (κ2) is 5.37. The quantitative estimate of drug-likeness (QED) is 0.797. The molecular weight excluding hydrogens is 210 g/mol. The van der Waals surface area contributed by atoms with Crippen LogP contribution in [0, 0.1) is 17.2 Å². The number of likely N-dealkylation sites (tertiary alicyclic amines) is 1. The second-order valence-electron chi connectivity index (χ2n) is 5.91. The number of nitrogens with one attached hydrogen (secondary N) is 1. The second-order valence-corrected chi connectivity index (χ2v) is 5.91. The molecule has 0 spiro atoms. The Morgan fingerprint density at radius 2 is 2.00 bits per heavy atom. The average Bonchev–Trinajstić information content (AvgIpc) is 2.39. The molecule has 2 rings (SSSR count). The fraction of sp³-hybridized carbons (Fsp3) is 0.929. The summed E-state index contributed by atoms with van der Waals surface area (Å²) in [6.45, 7) is 4.82. The van der Waals surface area contributed by atoms with Crippen LogP contribution in [-0.2, 0) is 0 Å². The molecule has 1 saturated heterocycles. The number of nitrogens with zero attached hydrogens (tertiary/aromatic N) is 2. The maximum absolute atomic E-state index is 9.37. The van der Waals surface area contributed by atoms with E-state index in [-0.39, 0.29) is 5.54 Å². The van der Waals surface area contributed by atoms with E-state index in [0.29, 0.717) is 6.04 Å². The SMILES string of the molecule is CNC1(C#N)CCCC(N2CCC(C)CC2)C1. The van der Waals surface area contributed by atoms with Crippen molar-refractivity contribution in [2.45, 2.75) is 57.0 Å². The molecule has 0 aromatic heterocycles. The fourth-order valence-corrected chi connectivity index (χ4v) is 3.34. The summed E-state index contributed by atoms with van der Waals surface area (Å²) in [4.78, 5) is 2.63. The van der Waals surface area contributed by atoms with Gasteiger partial charge in [0, 0.05) is 6.04 Å². The molecule has 1 aliphatic heterocycles. The van der Waals surface area contributed by atoms with Crippen molar-refractivity contribution in [3.05, 3.63) is 0 Å². The summed E-state index contributed by atoms with van der Waals surface area (Å²) in [5.74, 6) is 0.889. The standard InChI is InChI=1S/C14H25N3/c1-12-5-8-17(9-6-12)13-4-3-7-14(10-13,11-15)16-2/h12-13,16H,3-10H2,1-2H3. The minimum absolute atomic E-state index is 0.258. The first-order valence-electron chi connectivity index (χ1n) is 7.03. The maximum Gasteiger partial charge on any atom is 0.108 e. The lowest BCUT2D eigenvalue weighted by Crippen LogP contribution is -2.52. The Labute approximate surface area is 105 Å². The minimum atomic E-state index is -0.258. The first kappa shape index (κ1) is 12.9. The van der Waals surface area contributed by atoms with Crippen LogP contribution < -0.4 is 5.32 Å². The molecule has 1 N–H and O–H groups in total. The highest BCUT2D eigenvalue weighted by atomic mass is 15.2. The van der Waals surface area contributed by atoms with Crippen molar-refractivity contribution in [2.75, 3.05) is 20.1 Å². The number of piperidine rings is 1. The molecule has 0 bridgehead atoms. The van der Waals surface area contributed by atoms with Gasteiger partial charge in [-0.2, -0.15) is 5.26 Å². The van der Waals surface area contributed by atoms with Gasteiger partial charge in [-0.15, -0.1) is 0 Å². The summed E-state index contributed by atoms with van der Waals surface area (Å²) in [6, 6.07) is 3.14. The van der Waals surface area contributed by atoms with E-state index in [4.69, 9.17) is 0 Å². The van der Waals surface area contributed by atoms with Gasteiger partial charge >= 0.3 is 0 Å². The van der Waals surface area contributed by atoms with Gasteiger partial charge in [-0.3, -0.25) is 0 Å². The highest BCUT2D eigenvalue weighted by Gasteiger charge is 2.37. The normalized spacial score (nSPS) is 36.6. The fourth-order valence-electron chi connectivity index (χ4n) is 3.34. The molecule has 17 heavy (non-hydrogen) atoms. The molecule has 0 radical (unpaired) electrons. The Morgan fingerprint density at radius 1 is 1.29 bits per heavy atom. The van der Waals surface area contributed by atoms with Crippen LogP contribution in [0.1, 0.15) is 45.4 Å². The van der Waals surface area contributed by atoms with E-state index in [1.807, 2.05) is 7.05 Å². The third-order valence-corrected chi connectivity index (χ3v) is 4.75. The van der Waals surface area contributed by atoms with Gasteiger partial charge in [0.25, 0.3) is 0 Å². The lowest BCUT2D eigenvalue weighted by Gasteiger charge is -2.43. The monoisotopic (exact) mass is 235 g/mol. The van der Waals surface area contributed by atoms with Crippen LogP contribution in [0.4, 0.5) is 0 Å². The Hall–Kier alpha value is -0.590. The topological polar surface area (TPSA) is 39.1 Å². The van der Waals surface area contributed by atoms with Crippen LogP contribution in [0.3, 0.4) is 0 Å². The minimum Gasteiger partial charge on any atom is -0.302 e. The van der Waals surface area contributed by atoms with Gasteiger partial charge in [0.05, 0.1) is 6.07 Å². The summed E-state index contributed by atoms with van der Waals surface area (Å²) in [5.41, 5.74) is -0.258. The van der Waals surface area contributed by atoms with Crippen molar-refractivity contribution < 1.29 is 0 Å². The van der Waals surface area contributed by atoms with Gasteiger partial charge in [-0.05, 0) is 64.6 Å². The van der Waals surface area contributed by atoms with E-state index in [1.165, 1.54) is 38.8 Å². The molecule has 3 heteroatoms. The van der Waals surface area contributed by atoms with Crippen molar-refractivity contribution in [3.8, 4) is 6.07 Å². The van der Waals surface area contributed by atoms with Crippen LogP contribution in [0.25, 0.3) is 0 Å². The van der Waals surface area contributed by atoms with E-state index < -0.39 is 0 Å². The molecule has 0 amide bonds. The van der Waals surface area contributed by atoms with E-state index >= 15 is 0 Å². The third-order valence-electron chi connectivity index (χ3n) is 4.75. The zero-order valence-corrected chi connectivity index (χ0v) is 11.2. The predicted octanol–water partition coefficient (Wildman–Crippen LogP) is 2.14. The molecule has 96 valence electrons. The Bertz CT molecular complexity index is 288. The molecule has 2 atom stereocenters. The molecule has 1 aliphatic carbocycles. The van der Waals surface area contributed by atoms with Crippen LogP contribution >= 0.6 is 0 Å². The Morgan fingerprint density at radius 3 is 2.59 bits per heavy atom. The van der Waals surface area contributed by atoms with Gasteiger partial charge in [0.15, 0.2) is 0 Å². The molecular formula is C14H25N3. The summed E-state index contributed by atoms with van der Waals surface area (Å²) in [6.07, 6.45) is 7.14. The Kier molecular flexibility index (Phi) is 4.06. The predicted molar refractivity (Wildman–Crippen MR) is 69.6 cm³/mol. The summed E-state index contributed by atoms with van der Waals surface area (Å²) in [5, 5.41) is 12.6. The van der Waals surface area contributed by atoms with Crippen molar-refractivity contribution in [3.63, 3.8) is 0 Å². The maximum atomic E-state index is 9.37. The van der Waals surface area contributed by atoms with Gasteiger partial charge in [0.1, 0.15) is 5.54 Å². The van der Waals surface area contributed by atoms with E-state index in [2.05, 4.69) is 23.2 Å². The molecule has 2 fully saturated rings. The number of nitriles is 1. The van der Waals surface area contributed by atoms with Gasteiger partial charge in [-0.25, -0.2) is 0 Å². The number of hydrogen-bond acceptors (Lipinski definition) is 3. The van der Waals surface area contributed by atoms with E-state index in [9.17, 15) is 5.26 Å². The van der Waals surface area contributed by atoms with Crippen molar-refractivity contribution in [1.82, 2.24) is 10.2 Å². The van der Waals surface area contributed by atoms with Gasteiger partial charge in [0.2, 0.25) is 0 Å². The van der Waals surface area contributed by atoms with E-state index in [0.717, 1.165) is 18.8 Å². The highest BCUT2D eigenvalue weighted by molar-refractivity contribution is 5.10. The largest absolute Gasteiger partial charge is 0.302 e. The molecule has 1 saturated carbocycles. The molecule has 0 aromatic carbocycles. The molecule has 3 nitrogen and oxygen atoms in total. The zero-order chi connectivity index (χ0) is 12.3. The van der Waals surface area contributed by atoms with Crippen molar-refractivity contribution in [1.29, 1.82) is 5.26 Å². The molecule has 1 heterocycles. The van der Waals surface area contributed by atoms with Crippen LogP contribution in [0.15, 0.2) is 0 Å².